The third kappa shape index (κ3) is 3.47. The lowest BCUT2D eigenvalue weighted by atomic mass is 9.85. The molecule has 9 heteroatoms. The lowest BCUT2D eigenvalue weighted by Crippen LogP contribution is -2.32. The number of carbonyl (C=O) groups excluding carboxylic acids is 2. The maximum atomic E-state index is 13.2. The summed E-state index contributed by atoms with van der Waals surface area (Å²) in [7, 11) is 0. The molecular formula is C23H17Cl2FN4O2. The summed E-state index contributed by atoms with van der Waals surface area (Å²) in [5, 5.41) is 11.2. The first-order valence-corrected chi connectivity index (χ1v) is 10.8. The number of Topliss-reactive ketones (excluding diaryl/α,β-unsaturated/α-hetero) is 1. The van der Waals surface area contributed by atoms with Gasteiger partial charge in [0, 0.05) is 39.0 Å². The first-order chi connectivity index (χ1) is 15.4. The van der Waals surface area contributed by atoms with Gasteiger partial charge in [-0.2, -0.15) is 5.10 Å². The molecule has 0 saturated heterocycles. The van der Waals surface area contributed by atoms with Gasteiger partial charge in [-0.3, -0.25) is 9.59 Å². The predicted octanol–water partition coefficient (Wildman–Crippen LogP) is 5.60. The number of nitrogens with one attached hydrogen (secondary N) is 2. The van der Waals surface area contributed by atoms with Gasteiger partial charge in [0.25, 0.3) is 5.91 Å². The van der Waals surface area contributed by atoms with Crippen molar-refractivity contribution >= 4 is 46.4 Å². The van der Waals surface area contributed by atoms with Crippen molar-refractivity contribution in [2.75, 3.05) is 10.6 Å². The van der Waals surface area contributed by atoms with Crippen molar-refractivity contribution < 1.29 is 14.0 Å². The first-order valence-electron chi connectivity index (χ1n) is 10.1. The van der Waals surface area contributed by atoms with Crippen LogP contribution in [0.4, 0.5) is 15.9 Å². The van der Waals surface area contributed by atoms with Gasteiger partial charge >= 0.3 is 0 Å². The van der Waals surface area contributed by atoms with E-state index in [2.05, 4.69) is 15.7 Å². The summed E-state index contributed by atoms with van der Waals surface area (Å²) in [5.74, 6) is -0.369. The molecule has 1 amide bonds. The van der Waals surface area contributed by atoms with E-state index in [0.29, 0.717) is 51.9 Å². The monoisotopic (exact) mass is 470 g/mol. The van der Waals surface area contributed by atoms with Crippen LogP contribution in [0.1, 0.15) is 41.2 Å². The number of carbonyl (C=O) groups is 2. The van der Waals surface area contributed by atoms with Gasteiger partial charge in [0.2, 0.25) is 0 Å². The molecule has 2 aromatic carbocycles. The summed E-state index contributed by atoms with van der Waals surface area (Å²) < 4.78 is 14.8. The Morgan fingerprint density at radius 1 is 1.12 bits per heavy atom. The number of benzene rings is 2. The largest absolute Gasteiger partial charge is 0.343 e. The van der Waals surface area contributed by atoms with E-state index in [1.807, 2.05) is 0 Å². The molecule has 1 aliphatic carbocycles. The third-order valence-corrected chi connectivity index (χ3v) is 6.32. The number of aromatic nitrogens is 2. The maximum absolute atomic E-state index is 13.2. The van der Waals surface area contributed by atoms with Crippen LogP contribution in [0.15, 0.2) is 59.9 Å². The molecule has 0 saturated carbocycles. The summed E-state index contributed by atoms with van der Waals surface area (Å²) >= 11 is 13.0. The van der Waals surface area contributed by atoms with E-state index in [4.69, 9.17) is 23.2 Å². The molecule has 1 aromatic heterocycles. The van der Waals surface area contributed by atoms with Crippen molar-refractivity contribution in [3.8, 4) is 0 Å². The van der Waals surface area contributed by atoms with Crippen molar-refractivity contribution in [1.29, 1.82) is 0 Å². The zero-order chi connectivity index (χ0) is 22.4. The topological polar surface area (TPSA) is 76.0 Å². The van der Waals surface area contributed by atoms with Gasteiger partial charge in [-0.25, -0.2) is 9.07 Å². The van der Waals surface area contributed by atoms with Gasteiger partial charge < -0.3 is 10.6 Å². The fourth-order valence-electron chi connectivity index (χ4n) is 4.19. The standard InChI is InChI=1S/C23H17Cl2FN4O2/c24-15-3-1-4-16(25)19(15)21-20-17(5-2-6-18(20)31)29-22-14(11-27-30(21)22)23(32)28-13-9-7-12(26)8-10-13/h1,3-4,7-11,21,29H,2,5-6H2,(H,28,32)/t21-/m0/s1. The van der Waals surface area contributed by atoms with E-state index < -0.39 is 17.8 Å². The highest BCUT2D eigenvalue weighted by Gasteiger charge is 2.39. The molecular weight excluding hydrogens is 454 g/mol. The molecule has 0 bridgehead atoms. The van der Waals surface area contributed by atoms with Crippen LogP contribution in [0, 0.1) is 5.82 Å². The predicted molar refractivity (Wildman–Crippen MR) is 121 cm³/mol. The minimum absolute atomic E-state index is 0.00167. The Morgan fingerprint density at radius 3 is 2.56 bits per heavy atom. The third-order valence-electron chi connectivity index (χ3n) is 5.66. The molecule has 6 nitrogen and oxygen atoms in total. The van der Waals surface area contributed by atoms with Crippen LogP contribution >= 0.6 is 23.2 Å². The van der Waals surface area contributed by atoms with Crippen molar-refractivity contribution in [2.24, 2.45) is 0 Å². The Balaban J connectivity index is 1.61. The SMILES string of the molecule is O=C1CCCC2=C1[C@H](c1c(Cl)cccc1Cl)n1ncc(C(=O)Nc3ccc(F)cc3)c1N2. The van der Waals surface area contributed by atoms with E-state index in [9.17, 15) is 14.0 Å². The van der Waals surface area contributed by atoms with Gasteiger partial charge in [0.05, 0.1) is 6.20 Å². The number of hydrogen-bond donors (Lipinski definition) is 2. The Labute approximate surface area is 193 Å². The number of allylic oxidation sites excluding steroid dienone is 2. The first kappa shape index (κ1) is 20.7. The molecule has 2 heterocycles. The summed E-state index contributed by atoms with van der Waals surface area (Å²) in [4.78, 5) is 25.9. The summed E-state index contributed by atoms with van der Waals surface area (Å²) in [6, 6.07) is 9.99. The molecule has 2 N–H and O–H groups in total. The molecule has 2 aliphatic rings. The molecule has 0 radical (unpaired) electrons. The molecule has 0 unspecified atom stereocenters. The summed E-state index contributed by atoms with van der Waals surface area (Å²) in [6.07, 6.45) is 3.22. The average Bonchev–Trinajstić information content (AvgIpc) is 3.19. The average molecular weight is 471 g/mol. The van der Waals surface area contributed by atoms with E-state index in [-0.39, 0.29) is 11.3 Å². The van der Waals surface area contributed by atoms with Crippen molar-refractivity contribution in [1.82, 2.24) is 9.78 Å². The number of rotatable bonds is 3. The Hall–Kier alpha value is -3.16. The van der Waals surface area contributed by atoms with Gasteiger partial charge in [0.15, 0.2) is 5.78 Å². The van der Waals surface area contributed by atoms with E-state index in [0.717, 1.165) is 5.70 Å². The van der Waals surface area contributed by atoms with Crippen molar-refractivity contribution in [2.45, 2.75) is 25.3 Å². The minimum Gasteiger partial charge on any atom is -0.343 e. The number of amides is 1. The molecule has 0 spiro atoms. The van der Waals surface area contributed by atoms with Gasteiger partial charge in [0.1, 0.15) is 23.2 Å². The zero-order valence-corrected chi connectivity index (χ0v) is 18.2. The van der Waals surface area contributed by atoms with Crippen LogP contribution in [0.5, 0.6) is 0 Å². The number of halogens is 3. The van der Waals surface area contributed by atoms with Gasteiger partial charge in [-0.1, -0.05) is 29.3 Å². The lowest BCUT2D eigenvalue weighted by Gasteiger charge is -2.34. The number of hydrogen-bond acceptors (Lipinski definition) is 4. The molecule has 5 rings (SSSR count). The summed E-state index contributed by atoms with van der Waals surface area (Å²) in [6.45, 7) is 0. The lowest BCUT2D eigenvalue weighted by molar-refractivity contribution is -0.116. The van der Waals surface area contributed by atoms with E-state index in [1.54, 1.807) is 22.9 Å². The molecule has 0 fully saturated rings. The Kier molecular flexibility index (Phi) is 5.23. The fourth-order valence-corrected chi connectivity index (χ4v) is 4.80. The quantitative estimate of drug-likeness (QED) is 0.521. The van der Waals surface area contributed by atoms with Gasteiger partial charge in [-0.15, -0.1) is 0 Å². The maximum Gasteiger partial charge on any atom is 0.261 e. The van der Waals surface area contributed by atoms with Crippen LogP contribution in [0.25, 0.3) is 0 Å². The van der Waals surface area contributed by atoms with E-state index in [1.165, 1.54) is 30.5 Å². The van der Waals surface area contributed by atoms with Crippen LogP contribution < -0.4 is 10.6 Å². The van der Waals surface area contributed by atoms with Crippen molar-refractivity contribution in [3.05, 3.63) is 86.9 Å². The smallest absolute Gasteiger partial charge is 0.261 e. The minimum atomic E-state index is -0.650. The second-order valence-corrected chi connectivity index (χ2v) is 8.46. The second-order valence-electron chi connectivity index (χ2n) is 7.64. The number of anilines is 2. The zero-order valence-electron chi connectivity index (χ0n) is 16.7. The highest BCUT2D eigenvalue weighted by Crippen LogP contribution is 2.45. The van der Waals surface area contributed by atoms with Crippen LogP contribution in [-0.4, -0.2) is 21.5 Å². The molecule has 1 atom stereocenters. The fraction of sp³-hybridized carbons (Fsp3) is 0.174. The molecule has 32 heavy (non-hydrogen) atoms. The van der Waals surface area contributed by atoms with Gasteiger partial charge in [-0.05, 0) is 49.2 Å². The number of ketones is 1. The molecule has 3 aromatic rings. The van der Waals surface area contributed by atoms with Crippen molar-refractivity contribution in [3.63, 3.8) is 0 Å². The highest BCUT2D eigenvalue weighted by atomic mass is 35.5. The Morgan fingerprint density at radius 2 is 1.84 bits per heavy atom. The normalized spacial score (nSPS) is 17.5. The van der Waals surface area contributed by atoms with Crippen LogP contribution in [-0.2, 0) is 4.79 Å². The van der Waals surface area contributed by atoms with Crippen LogP contribution in [0.2, 0.25) is 10.0 Å². The number of nitrogens with zero attached hydrogens (tertiary/aromatic N) is 2. The highest BCUT2D eigenvalue weighted by molar-refractivity contribution is 6.36. The Bertz CT molecular complexity index is 1260. The summed E-state index contributed by atoms with van der Waals surface area (Å²) in [5.41, 5.74) is 2.60. The number of fused-ring (bicyclic) bond motifs is 1. The molecule has 162 valence electrons. The molecule has 1 aliphatic heterocycles. The van der Waals surface area contributed by atoms with E-state index >= 15 is 0 Å². The second kappa shape index (κ2) is 8.07. The van der Waals surface area contributed by atoms with Crippen LogP contribution in [0.3, 0.4) is 0 Å².